The number of benzene rings is 1. The van der Waals surface area contributed by atoms with Crippen molar-refractivity contribution in [2.75, 3.05) is 32.1 Å². The molecule has 0 aliphatic rings. The highest BCUT2D eigenvalue weighted by atomic mass is 32.1. The molecule has 0 saturated heterocycles. The van der Waals surface area contributed by atoms with E-state index in [0.29, 0.717) is 22.1 Å². The van der Waals surface area contributed by atoms with Crippen LogP contribution in [-0.4, -0.2) is 43.0 Å². The Morgan fingerprint density at radius 2 is 2.04 bits per heavy atom. The Morgan fingerprint density at radius 3 is 2.71 bits per heavy atom. The monoisotopic (exact) mass is 363 g/mol. The molecule has 7 heteroatoms. The van der Waals surface area contributed by atoms with Gasteiger partial charge in [0, 0.05) is 6.54 Å². The summed E-state index contributed by atoms with van der Waals surface area (Å²) in [6.07, 6.45) is 0.822. The van der Waals surface area contributed by atoms with Gasteiger partial charge in [-0.15, -0.1) is 11.3 Å². The fraction of sp³-hybridized carbons (Fsp3) is 0.294. The fourth-order valence-electron chi connectivity index (χ4n) is 2.38. The van der Waals surface area contributed by atoms with E-state index in [9.17, 15) is 9.18 Å². The summed E-state index contributed by atoms with van der Waals surface area (Å²) in [5.74, 6) is -0.435. The maximum absolute atomic E-state index is 13.9. The molecule has 1 amide bonds. The molecule has 1 aromatic carbocycles. The lowest BCUT2D eigenvalue weighted by Crippen LogP contribution is -2.32. The number of amides is 1. The first-order chi connectivity index (χ1) is 11.6. The van der Waals surface area contributed by atoms with Crippen LogP contribution >= 0.6 is 22.7 Å². The molecule has 0 atom stereocenters. The Hall–Kier alpha value is -1.83. The zero-order chi connectivity index (χ0) is 17.1. The fourth-order valence-corrected chi connectivity index (χ4v) is 4.06. The van der Waals surface area contributed by atoms with E-state index in [1.54, 1.807) is 17.0 Å². The third kappa shape index (κ3) is 3.63. The number of hydrogen-bond donors (Lipinski definition) is 0. The van der Waals surface area contributed by atoms with Gasteiger partial charge < -0.3 is 4.90 Å². The summed E-state index contributed by atoms with van der Waals surface area (Å²) in [6.45, 7) is 1.42. The number of nitrogens with zero attached hydrogens (tertiary/aromatic N) is 3. The summed E-state index contributed by atoms with van der Waals surface area (Å²) >= 11 is 2.75. The summed E-state index contributed by atoms with van der Waals surface area (Å²) in [5, 5.41) is 2.43. The number of anilines is 1. The average Bonchev–Trinajstić information content (AvgIpc) is 3.20. The van der Waals surface area contributed by atoms with Crippen molar-refractivity contribution in [3.63, 3.8) is 0 Å². The Bertz CT molecular complexity index is 830. The van der Waals surface area contributed by atoms with Gasteiger partial charge in [0.2, 0.25) is 0 Å². The lowest BCUT2D eigenvalue weighted by atomic mass is 10.3. The van der Waals surface area contributed by atoms with Gasteiger partial charge in [-0.1, -0.05) is 23.5 Å². The molecule has 126 valence electrons. The molecule has 0 radical (unpaired) electrons. The third-order valence-corrected chi connectivity index (χ3v) is 5.45. The predicted molar refractivity (Wildman–Crippen MR) is 98.7 cm³/mol. The summed E-state index contributed by atoms with van der Waals surface area (Å²) in [4.78, 5) is 21.6. The van der Waals surface area contributed by atoms with E-state index in [0.717, 1.165) is 17.7 Å². The lowest BCUT2D eigenvalue weighted by molar-refractivity contribution is 0.0990. The lowest BCUT2D eigenvalue weighted by Gasteiger charge is -2.20. The molecule has 0 bridgehead atoms. The van der Waals surface area contributed by atoms with Crippen LogP contribution in [0, 0.1) is 5.82 Å². The molecular formula is C17H18FN3OS2. The number of thiazole rings is 1. The van der Waals surface area contributed by atoms with E-state index in [4.69, 9.17) is 0 Å². The van der Waals surface area contributed by atoms with Crippen LogP contribution in [0.3, 0.4) is 0 Å². The van der Waals surface area contributed by atoms with Crippen molar-refractivity contribution in [1.82, 2.24) is 9.88 Å². The summed E-state index contributed by atoms with van der Waals surface area (Å²) < 4.78 is 14.7. The van der Waals surface area contributed by atoms with Crippen molar-refractivity contribution in [3.8, 4) is 0 Å². The second-order valence-electron chi connectivity index (χ2n) is 5.67. The third-order valence-electron chi connectivity index (χ3n) is 3.55. The minimum Gasteiger partial charge on any atom is -0.309 e. The molecule has 0 unspecified atom stereocenters. The Kier molecular flexibility index (Phi) is 5.23. The number of carbonyl (C=O) groups is 1. The number of carbonyl (C=O) groups excluding carboxylic acids is 1. The van der Waals surface area contributed by atoms with Crippen molar-refractivity contribution in [2.45, 2.75) is 6.42 Å². The predicted octanol–water partition coefficient (Wildman–Crippen LogP) is 4.10. The topological polar surface area (TPSA) is 36.4 Å². The van der Waals surface area contributed by atoms with Crippen LogP contribution in [0.15, 0.2) is 35.7 Å². The number of hydrogen-bond acceptors (Lipinski definition) is 5. The number of rotatable bonds is 6. The molecule has 0 aliphatic heterocycles. The molecule has 0 N–H and O–H groups in total. The highest BCUT2D eigenvalue weighted by Gasteiger charge is 2.22. The van der Waals surface area contributed by atoms with Gasteiger partial charge in [0.1, 0.15) is 11.3 Å². The van der Waals surface area contributed by atoms with Crippen LogP contribution in [0.25, 0.3) is 10.2 Å². The van der Waals surface area contributed by atoms with Crippen LogP contribution in [0.5, 0.6) is 0 Å². The summed E-state index contributed by atoms with van der Waals surface area (Å²) in [5.41, 5.74) is 0.328. The van der Waals surface area contributed by atoms with Gasteiger partial charge in [0.05, 0.1) is 9.58 Å². The number of aromatic nitrogens is 1. The highest BCUT2D eigenvalue weighted by Crippen LogP contribution is 2.31. The van der Waals surface area contributed by atoms with E-state index in [-0.39, 0.29) is 11.7 Å². The SMILES string of the molecule is CN(C)CCCN(C(=O)c1cccs1)c1nc2c(F)cccc2s1. The Morgan fingerprint density at radius 1 is 1.21 bits per heavy atom. The molecule has 2 heterocycles. The van der Waals surface area contributed by atoms with Gasteiger partial charge in [-0.2, -0.15) is 0 Å². The van der Waals surface area contributed by atoms with Crippen molar-refractivity contribution >= 4 is 43.9 Å². The quantitative estimate of drug-likeness (QED) is 0.662. The smallest absolute Gasteiger partial charge is 0.270 e. The largest absolute Gasteiger partial charge is 0.309 e. The van der Waals surface area contributed by atoms with Crippen LogP contribution in [0.2, 0.25) is 0 Å². The van der Waals surface area contributed by atoms with Crippen LogP contribution < -0.4 is 4.90 Å². The molecule has 0 saturated carbocycles. The number of fused-ring (bicyclic) bond motifs is 1. The molecule has 0 aliphatic carbocycles. The molecule has 0 spiro atoms. The molecule has 2 aromatic heterocycles. The minimum absolute atomic E-state index is 0.0804. The van der Waals surface area contributed by atoms with E-state index < -0.39 is 0 Å². The number of para-hydroxylation sites is 1. The van der Waals surface area contributed by atoms with Gasteiger partial charge in [-0.3, -0.25) is 9.69 Å². The zero-order valence-electron chi connectivity index (χ0n) is 13.5. The van der Waals surface area contributed by atoms with Gasteiger partial charge >= 0.3 is 0 Å². The van der Waals surface area contributed by atoms with Crippen molar-refractivity contribution in [2.24, 2.45) is 0 Å². The average molecular weight is 363 g/mol. The first kappa shape index (κ1) is 17.0. The molecule has 24 heavy (non-hydrogen) atoms. The second-order valence-corrected chi connectivity index (χ2v) is 7.63. The maximum Gasteiger partial charge on any atom is 0.270 e. The van der Waals surface area contributed by atoms with E-state index in [1.165, 1.54) is 28.7 Å². The van der Waals surface area contributed by atoms with Crippen molar-refractivity contribution in [3.05, 3.63) is 46.4 Å². The second kappa shape index (κ2) is 7.38. The van der Waals surface area contributed by atoms with Crippen LogP contribution in [0.4, 0.5) is 9.52 Å². The Balaban J connectivity index is 1.92. The van der Waals surface area contributed by atoms with Gasteiger partial charge in [-0.25, -0.2) is 9.37 Å². The number of thiophene rings is 1. The first-order valence-electron chi connectivity index (χ1n) is 7.61. The molecular weight excluding hydrogens is 345 g/mol. The standard InChI is InChI=1S/C17H18FN3OS2/c1-20(2)9-5-10-21(16(22)14-8-4-11-23-14)17-19-15-12(18)6-3-7-13(15)24-17/h3-4,6-8,11H,5,9-10H2,1-2H3. The summed E-state index contributed by atoms with van der Waals surface area (Å²) in [6, 6.07) is 8.54. The first-order valence-corrected chi connectivity index (χ1v) is 9.31. The van der Waals surface area contributed by atoms with Crippen molar-refractivity contribution < 1.29 is 9.18 Å². The highest BCUT2D eigenvalue weighted by molar-refractivity contribution is 7.22. The molecule has 0 fully saturated rings. The molecule has 3 aromatic rings. The molecule has 4 nitrogen and oxygen atoms in total. The summed E-state index contributed by atoms with van der Waals surface area (Å²) in [7, 11) is 4.00. The number of halogens is 1. The maximum atomic E-state index is 13.9. The van der Waals surface area contributed by atoms with E-state index >= 15 is 0 Å². The van der Waals surface area contributed by atoms with Crippen LogP contribution in [0.1, 0.15) is 16.1 Å². The van der Waals surface area contributed by atoms with Gasteiger partial charge in [0.25, 0.3) is 5.91 Å². The van der Waals surface area contributed by atoms with Crippen molar-refractivity contribution in [1.29, 1.82) is 0 Å². The zero-order valence-corrected chi connectivity index (χ0v) is 15.2. The normalized spacial score (nSPS) is 11.3. The Labute approximate surface area is 148 Å². The van der Waals surface area contributed by atoms with E-state index in [1.807, 2.05) is 31.6 Å². The van der Waals surface area contributed by atoms with Crippen LogP contribution in [-0.2, 0) is 0 Å². The molecule has 3 rings (SSSR count). The van der Waals surface area contributed by atoms with E-state index in [2.05, 4.69) is 9.88 Å². The minimum atomic E-state index is -0.355. The van der Waals surface area contributed by atoms with Gasteiger partial charge in [-0.05, 0) is 50.6 Å². The van der Waals surface area contributed by atoms with Gasteiger partial charge in [0.15, 0.2) is 5.13 Å².